The van der Waals surface area contributed by atoms with Crippen LogP contribution in [0.15, 0.2) is 11.0 Å². The Bertz CT molecular complexity index is 541. The molecule has 1 aromatic heterocycles. The lowest BCUT2D eigenvalue weighted by Crippen LogP contribution is -2.07. The molecule has 0 aliphatic carbocycles. The molecule has 0 spiro atoms. The molecule has 88 valence electrons. The first kappa shape index (κ1) is 12.9. The van der Waals surface area contributed by atoms with Crippen molar-refractivity contribution in [1.82, 2.24) is 4.98 Å². The maximum atomic E-state index is 11.6. The Kier molecular flexibility index (Phi) is 3.49. The largest absolute Gasteiger partial charge is 0.291 e. The van der Waals surface area contributed by atoms with Crippen LogP contribution < -0.4 is 0 Å². The maximum Gasteiger partial charge on any atom is 0.291 e. The fourth-order valence-electron chi connectivity index (χ4n) is 1.11. The van der Waals surface area contributed by atoms with Gasteiger partial charge >= 0.3 is 0 Å². The lowest BCUT2D eigenvalue weighted by atomic mass is 10.3. The van der Waals surface area contributed by atoms with E-state index in [1.807, 2.05) is 0 Å². The van der Waals surface area contributed by atoms with Crippen molar-refractivity contribution in [3.05, 3.63) is 27.0 Å². The summed E-state index contributed by atoms with van der Waals surface area (Å²) in [4.78, 5) is 13.3. The van der Waals surface area contributed by atoms with E-state index in [4.69, 9.17) is 11.6 Å². The highest BCUT2D eigenvalue weighted by atomic mass is 35.5. The van der Waals surface area contributed by atoms with Gasteiger partial charge in [0.1, 0.15) is 15.7 Å². The summed E-state index contributed by atoms with van der Waals surface area (Å²) < 4.78 is 23.1. The third-order valence-corrected chi connectivity index (χ3v) is 4.16. The molecule has 8 heteroatoms. The van der Waals surface area contributed by atoms with Crippen LogP contribution in [0.5, 0.6) is 0 Å². The number of pyridine rings is 1. The zero-order valence-electron chi connectivity index (χ0n) is 8.60. The van der Waals surface area contributed by atoms with Crippen LogP contribution in [-0.2, 0) is 9.84 Å². The summed E-state index contributed by atoms with van der Waals surface area (Å²) in [5, 5.41) is 10.4. The molecule has 1 heterocycles. The van der Waals surface area contributed by atoms with E-state index in [0.29, 0.717) is 0 Å². The number of nitro groups is 1. The summed E-state index contributed by atoms with van der Waals surface area (Å²) in [5.74, 6) is -0.186. The van der Waals surface area contributed by atoms with Crippen molar-refractivity contribution in [2.45, 2.75) is 18.7 Å². The highest BCUT2D eigenvalue weighted by Gasteiger charge is 2.23. The van der Waals surface area contributed by atoms with Crippen LogP contribution >= 0.6 is 11.6 Å². The standard InChI is InChI=1S/C8H9ClN2O4S/c1-3-16(14,15)7-4-6(11(12)13)5(2)10-8(7)9/h4H,3H2,1-2H3. The topological polar surface area (TPSA) is 90.2 Å². The molecular formula is C8H9ClN2O4S. The summed E-state index contributed by atoms with van der Waals surface area (Å²) >= 11 is 5.66. The van der Waals surface area contributed by atoms with E-state index in [1.54, 1.807) is 0 Å². The highest BCUT2D eigenvalue weighted by molar-refractivity contribution is 7.91. The van der Waals surface area contributed by atoms with Crippen LogP contribution in [0.2, 0.25) is 5.15 Å². The van der Waals surface area contributed by atoms with E-state index in [-0.39, 0.29) is 27.2 Å². The van der Waals surface area contributed by atoms with E-state index < -0.39 is 14.8 Å². The molecule has 0 unspecified atom stereocenters. The number of nitrogens with zero attached hydrogens (tertiary/aromatic N) is 2. The van der Waals surface area contributed by atoms with Gasteiger partial charge in [-0.25, -0.2) is 13.4 Å². The second-order valence-corrected chi connectivity index (χ2v) is 5.65. The Morgan fingerprint density at radius 2 is 2.12 bits per heavy atom. The first-order valence-electron chi connectivity index (χ1n) is 4.34. The average molecular weight is 265 g/mol. The monoisotopic (exact) mass is 264 g/mol. The van der Waals surface area contributed by atoms with Crippen LogP contribution in [-0.4, -0.2) is 24.1 Å². The quantitative estimate of drug-likeness (QED) is 0.471. The number of sulfone groups is 1. The lowest BCUT2D eigenvalue weighted by molar-refractivity contribution is -0.386. The van der Waals surface area contributed by atoms with Gasteiger partial charge in [-0.2, -0.15) is 0 Å². The van der Waals surface area contributed by atoms with Crippen LogP contribution in [0, 0.1) is 17.0 Å². The first-order chi connectivity index (χ1) is 7.29. The lowest BCUT2D eigenvalue weighted by Gasteiger charge is -2.04. The van der Waals surface area contributed by atoms with Gasteiger partial charge in [-0.05, 0) is 6.92 Å². The number of hydrogen-bond donors (Lipinski definition) is 0. The smallest absolute Gasteiger partial charge is 0.258 e. The van der Waals surface area contributed by atoms with Gasteiger partial charge in [0, 0.05) is 6.07 Å². The van der Waals surface area contributed by atoms with E-state index in [2.05, 4.69) is 4.98 Å². The number of halogens is 1. The van der Waals surface area contributed by atoms with E-state index in [1.165, 1.54) is 13.8 Å². The van der Waals surface area contributed by atoms with Gasteiger partial charge in [0.2, 0.25) is 0 Å². The molecule has 6 nitrogen and oxygen atoms in total. The van der Waals surface area contributed by atoms with Crippen molar-refractivity contribution < 1.29 is 13.3 Å². The van der Waals surface area contributed by atoms with E-state index >= 15 is 0 Å². The Hall–Kier alpha value is -1.21. The van der Waals surface area contributed by atoms with Gasteiger partial charge in [-0.3, -0.25) is 10.1 Å². The summed E-state index contributed by atoms with van der Waals surface area (Å²) in [5.41, 5.74) is -0.263. The second-order valence-electron chi connectivity index (χ2n) is 3.04. The SMILES string of the molecule is CCS(=O)(=O)c1cc([N+](=O)[O-])c(C)nc1Cl. The van der Waals surface area contributed by atoms with Crippen molar-refractivity contribution in [3.63, 3.8) is 0 Å². The summed E-state index contributed by atoms with van der Waals surface area (Å²) in [7, 11) is -3.60. The molecule has 0 aliphatic rings. The predicted octanol–water partition coefficient (Wildman–Crippen LogP) is 1.75. The van der Waals surface area contributed by atoms with Crippen LogP contribution in [0.4, 0.5) is 5.69 Å². The molecule has 0 saturated carbocycles. The molecule has 0 atom stereocenters. The maximum absolute atomic E-state index is 11.6. The molecule has 0 bridgehead atoms. The van der Waals surface area contributed by atoms with Gasteiger partial charge in [0.05, 0.1) is 10.7 Å². The number of rotatable bonds is 3. The summed E-state index contributed by atoms with van der Waals surface area (Å²) in [6.07, 6.45) is 0. The number of aromatic nitrogens is 1. The summed E-state index contributed by atoms with van der Waals surface area (Å²) in [6.45, 7) is 2.82. The van der Waals surface area contributed by atoms with Crippen LogP contribution in [0.25, 0.3) is 0 Å². The van der Waals surface area contributed by atoms with Crippen molar-refractivity contribution >= 4 is 27.1 Å². The molecule has 0 fully saturated rings. The van der Waals surface area contributed by atoms with Crippen molar-refractivity contribution in [2.75, 3.05) is 5.75 Å². The van der Waals surface area contributed by atoms with E-state index in [0.717, 1.165) is 6.07 Å². The van der Waals surface area contributed by atoms with Gasteiger partial charge in [-0.15, -0.1) is 0 Å². The predicted molar refractivity (Wildman–Crippen MR) is 58.4 cm³/mol. The van der Waals surface area contributed by atoms with Crippen molar-refractivity contribution in [2.24, 2.45) is 0 Å². The van der Waals surface area contributed by atoms with Crippen LogP contribution in [0.1, 0.15) is 12.6 Å². The van der Waals surface area contributed by atoms with E-state index in [9.17, 15) is 18.5 Å². The molecule has 0 aromatic carbocycles. The molecule has 1 aromatic rings. The zero-order chi connectivity index (χ0) is 12.5. The van der Waals surface area contributed by atoms with Crippen molar-refractivity contribution in [3.8, 4) is 0 Å². The zero-order valence-corrected chi connectivity index (χ0v) is 10.2. The van der Waals surface area contributed by atoms with Crippen molar-refractivity contribution in [1.29, 1.82) is 0 Å². The minimum absolute atomic E-state index is 0.0880. The first-order valence-corrected chi connectivity index (χ1v) is 6.37. The summed E-state index contributed by atoms with van der Waals surface area (Å²) in [6, 6.07) is 0.948. The molecule has 0 amide bonds. The van der Waals surface area contributed by atoms with Crippen LogP contribution in [0.3, 0.4) is 0 Å². The second kappa shape index (κ2) is 4.34. The fraction of sp³-hybridized carbons (Fsp3) is 0.375. The third kappa shape index (κ3) is 2.30. The number of hydrogen-bond acceptors (Lipinski definition) is 5. The molecule has 1 rings (SSSR count). The van der Waals surface area contributed by atoms with Gasteiger partial charge in [-0.1, -0.05) is 18.5 Å². The van der Waals surface area contributed by atoms with Gasteiger partial charge in [0.25, 0.3) is 5.69 Å². The minimum Gasteiger partial charge on any atom is -0.258 e. The van der Waals surface area contributed by atoms with Gasteiger partial charge in [0.15, 0.2) is 9.84 Å². The Morgan fingerprint density at radius 3 is 2.56 bits per heavy atom. The Labute approximate surface area is 97.3 Å². The molecule has 0 radical (unpaired) electrons. The fourth-order valence-corrected chi connectivity index (χ4v) is 2.54. The average Bonchev–Trinajstić information content (AvgIpc) is 2.16. The Morgan fingerprint density at radius 1 is 1.56 bits per heavy atom. The van der Waals surface area contributed by atoms with Gasteiger partial charge < -0.3 is 0 Å². The third-order valence-electron chi connectivity index (χ3n) is 2.02. The normalized spacial score (nSPS) is 11.4. The Balaban J connectivity index is 3.55. The minimum atomic E-state index is -3.60. The molecule has 0 N–H and O–H groups in total. The molecular weight excluding hydrogens is 256 g/mol. The number of aryl methyl sites for hydroxylation is 1. The molecule has 16 heavy (non-hydrogen) atoms. The highest BCUT2D eigenvalue weighted by Crippen LogP contribution is 2.27. The molecule has 0 saturated heterocycles. The molecule has 0 aliphatic heterocycles.